The molecule has 3 aromatic rings. The highest BCUT2D eigenvalue weighted by atomic mass is 16.2. The molecule has 2 fully saturated rings. The first-order chi connectivity index (χ1) is 17.6. The molecule has 2 heterocycles. The third kappa shape index (κ3) is 5.54. The molecule has 0 radical (unpaired) electrons. The summed E-state index contributed by atoms with van der Waals surface area (Å²) in [7, 11) is 0. The maximum Gasteiger partial charge on any atom is 0.249 e. The molecule has 1 aromatic heterocycles. The van der Waals surface area contributed by atoms with Crippen molar-refractivity contribution in [1.82, 2.24) is 15.3 Å². The Bertz CT molecular complexity index is 1230. The molecule has 0 spiro atoms. The molecule has 1 aliphatic carbocycles. The number of benzene rings is 2. The molecule has 0 unspecified atom stereocenters. The summed E-state index contributed by atoms with van der Waals surface area (Å²) in [5, 5.41) is 9.51. The van der Waals surface area contributed by atoms with Crippen molar-refractivity contribution in [2.75, 3.05) is 17.2 Å². The summed E-state index contributed by atoms with van der Waals surface area (Å²) in [4.78, 5) is 33.5. The third-order valence-corrected chi connectivity index (χ3v) is 7.13. The number of carbonyl (C=O) groups is 2. The zero-order valence-corrected chi connectivity index (χ0v) is 20.3. The number of rotatable bonds is 7. The van der Waals surface area contributed by atoms with Gasteiger partial charge in [0, 0.05) is 28.6 Å². The van der Waals surface area contributed by atoms with E-state index in [-0.39, 0.29) is 11.9 Å². The Kier molecular flexibility index (Phi) is 7.23. The Hall–Kier alpha value is -3.78. The van der Waals surface area contributed by atoms with Crippen LogP contribution in [0.2, 0.25) is 0 Å². The van der Waals surface area contributed by atoms with Gasteiger partial charge in [0.05, 0.1) is 11.7 Å². The van der Waals surface area contributed by atoms with Crippen LogP contribution in [-0.2, 0) is 4.79 Å². The van der Waals surface area contributed by atoms with Crippen molar-refractivity contribution < 1.29 is 9.59 Å². The predicted molar refractivity (Wildman–Crippen MR) is 141 cm³/mol. The van der Waals surface area contributed by atoms with Gasteiger partial charge in [-0.3, -0.25) is 9.59 Å². The van der Waals surface area contributed by atoms with Crippen molar-refractivity contribution in [3.8, 4) is 11.3 Å². The summed E-state index contributed by atoms with van der Waals surface area (Å²) in [6, 6.07) is 15.1. The van der Waals surface area contributed by atoms with Crippen molar-refractivity contribution in [2.24, 2.45) is 5.73 Å². The van der Waals surface area contributed by atoms with Gasteiger partial charge in [-0.05, 0) is 74.0 Å². The average molecular weight is 485 g/mol. The molecule has 2 amide bonds. The maximum atomic E-state index is 12.4. The molecule has 8 heteroatoms. The van der Waals surface area contributed by atoms with E-state index < -0.39 is 5.91 Å². The Morgan fingerprint density at radius 2 is 1.64 bits per heavy atom. The molecular formula is C28H32N6O2. The lowest BCUT2D eigenvalue weighted by atomic mass is 9.92. The van der Waals surface area contributed by atoms with Crippen molar-refractivity contribution in [3.63, 3.8) is 0 Å². The highest BCUT2D eigenvalue weighted by Gasteiger charge is 2.21. The largest absolute Gasteiger partial charge is 0.366 e. The first-order valence-electron chi connectivity index (χ1n) is 12.7. The zero-order valence-electron chi connectivity index (χ0n) is 20.3. The van der Waals surface area contributed by atoms with Crippen molar-refractivity contribution >= 4 is 29.0 Å². The molecule has 1 saturated carbocycles. The van der Waals surface area contributed by atoms with Crippen LogP contribution in [0.1, 0.15) is 66.8 Å². The Balaban J connectivity index is 1.29. The summed E-state index contributed by atoms with van der Waals surface area (Å²) in [6.07, 6.45) is 9.28. The van der Waals surface area contributed by atoms with E-state index in [1.807, 2.05) is 36.4 Å². The first kappa shape index (κ1) is 23.9. The van der Waals surface area contributed by atoms with Crippen LogP contribution < -0.4 is 21.7 Å². The lowest BCUT2D eigenvalue weighted by Crippen LogP contribution is -2.43. The van der Waals surface area contributed by atoms with Gasteiger partial charge in [-0.2, -0.15) is 0 Å². The smallest absolute Gasteiger partial charge is 0.249 e. The highest BCUT2D eigenvalue weighted by Crippen LogP contribution is 2.36. The lowest BCUT2D eigenvalue weighted by Gasteiger charge is -2.22. The number of nitrogens with zero attached hydrogens (tertiary/aromatic N) is 2. The summed E-state index contributed by atoms with van der Waals surface area (Å²) in [6.45, 7) is 0.882. The van der Waals surface area contributed by atoms with E-state index in [0.717, 1.165) is 50.0 Å². The first-order valence-corrected chi connectivity index (χ1v) is 12.7. The fourth-order valence-corrected chi connectivity index (χ4v) is 5.16. The van der Waals surface area contributed by atoms with Crippen LogP contribution in [0.25, 0.3) is 11.3 Å². The SMILES string of the molecule is NC(=O)c1cc(C2CCCC2)ccc1-c1cc(Nc2ccc(NC(=O)[C@@H]3CCCCN3)cc2)ncn1. The summed E-state index contributed by atoms with van der Waals surface area (Å²) in [5.41, 5.74) is 10.3. The van der Waals surface area contributed by atoms with Gasteiger partial charge in [-0.25, -0.2) is 9.97 Å². The molecule has 186 valence electrons. The molecule has 36 heavy (non-hydrogen) atoms. The molecule has 8 nitrogen and oxygen atoms in total. The molecule has 2 aromatic carbocycles. The minimum atomic E-state index is -0.459. The molecule has 0 bridgehead atoms. The Labute approximate surface area is 211 Å². The number of primary amides is 1. The number of carbonyl (C=O) groups excluding carboxylic acids is 2. The highest BCUT2D eigenvalue weighted by molar-refractivity contribution is 6.00. The molecule has 1 atom stereocenters. The van der Waals surface area contributed by atoms with Crippen LogP contribution in [-0.4, -0.2) is 34.4 Å². The summed E-state index contributed by atoms with van der Waals surface area (Å²) < 4.78 is 0. The van der Waals surface area contributed by atoms with Gasteiger partial charge < -0.3 is 21.7 Å². The number of aromatic nitrogens is 2. The van der Waals surface area contributed by atoms with Gasteiger partial charge in [0.25, 0.3) is 0 Å². The van der Waals surface area contributed by atoms with E-state index in [2.05, 4.69) is 32.0 Å². The van der Waals surface area contributed by atoms with E-state index in [4.69, 9.17) is 5.73 Å². The van der Waals surface area contributed by atoms with E-state index >= 15 is 0 Å². The quantitative estimate of drug-likeness (QED) is 0.385. The van der Waals surface area contributed by atoms with Crippen LogP contribution in [0, 0.1) is 0 Å². The minimum absolute atomic E-state index is 0.0000521. The number of amides is 2. The van der Waals surface area contributed by atoms with E-state index in [0.29, 0.717) is 28.6 Å². The summed E-state index contributed by atoms with van der Waals surface area (Å²) >= 11 is 0. The van der Waals surface area contributed by atoms with Gasteiger partial charge in [0.1, 0.15) is 12.1 Å². The van der Waals surface area contributed by atoms with E-state index in [1.165, 1.54) is 24.7 Å². The van der Waals surface area contributed by atoms with Crippen molar-refractivity contribution in [1.29, 1.82) is 0 Å². The van der Waals surface area contributed by atoms with Gasteiger partial charge in [-0.1, -0.05) is 31.4 Å². The number of nitrogens with one attached hydrogen (secondary N) is 3. The summed E-state index contributed by atoms with van der Waals surface area (Å²) in [5.74, 6) is 0.629. The second-order valence-corrected chi connectivity index (χ2v) is 9.63. The van der Waals surface area contributed by atoms with Crippen LogP contribution in [0.5, 0.6) is 0 Å². The van der Waals surface area contributed by atoms with E-state index in [1.54, 1.807) is 6.07 Å². The number of nitrogens with two attached hydrogens (primary N) is 1. The molecule has 1 saturated heterocycles. The molecule has 2 aliphatic rings. The predicted octanol–water partition coefficient (Wildman–Crippen LogP) is 4.72. The van der Waals surface area contributed by atoms with Gasteiger partial charge in [0.15, 0.2) is 0 Å². The van der Waals surface area contributed by atoms with Gasteiger partial charge in [0.2, 0.25) is 11.8 Å². The van der Waals surface area contributed by atoms with Gasteiger partial charge >= 0.3 is 0 Å². The lowest BCUT2D eigenvalue weighted by molar-refractivity contribution is -0.118. The monoisotopic (exact) mass is 484 g/mol. The van der Waals surface area contributed by atoms with Crippen LogP contribution in [0.3, 0.4) is 0 Å². The zero-order chi connectivity index (χ0) is 24.9. The Morgan fingerprint density at radius 1 is 0.889 bits per heavy atom. The van der Waals surface area contributed by atoms with Crippen molar-refractivity contribution in [2.45, 2.75) is 56.9 Å². The average Bonchev–Trinajstić information content (AvgIpc) is 3.45. The number of piperidine rings is 1. The molecule has 5 rings (SSSR count). The second-order valence-electron chi connectivity index (χ2n) is 9.63. The van der Waals surface area contributed by atoms with Crippen LogP contribution >= 0.6 is 0 Å². The standard InChI is InChI=1S/C28H32N6O2/c29-27(35)23-15-19(18-5-1-2-6-18)8-13-22(23)25-16-26(32-17-31-25)33-20-9-11-21(12-10-20)34-28(36)24-7-3-4-14-30-24/h8-13,15-18,24,30H,1-7,14H2,(H2,29,35)(H,34,36)(H,31,32,33)/t24-/m0/s1. The maximum absolute atomic E-state index is 12.4. The Morgan fingerprint density at radius 3 is 2.36 bits per heavy atom. The van der Waals surface area contributed by atoms with Crippen molar-refractivity contribution in [3.05, 3.63) is 66.0 Å². The fourth-order valence-electron chi connectivity index (χ4n) is 5.16. The minimum Gasteiger partial charge on any atom is -0.366 e. The van der Waals surface area contributed by atoms with E-state index in [9.17, 15) is 9.59 Å². The molecule has 1 aliphatic heterocycles. The molecule has 5 N–H and O–H groups in total. The van der Waals surface area contributed by atoms with Crippen LogP contribution in [0.4, 0.5) is 17.2 Å². The normalized spacial score (nSPS) is 18.1. The topological polar surface area (TPSA) is 122 Å². The third-order valence-electron chi connectivity index (χ3n) is 7.13. The molecular weight excluding hydrogens is 452 g/mol. The number of anilines is 3. The van der Waals surface area contributed by atoms with Gasteiger partial charge in [-0.15, -0.1) is 0 Å². The number of hydrogen-bond acceptors (Lipinski definition) is 6. The fraction of sp³-hybridized carbons (Fsp3) is 0.357. The second kappa shape index (κ2) is 10.9. The van der Waals surface area contributed by atoms with Crippen LogP contribution in [0.15, 0.2) is 54.9 Å². The number of hydrogen-bond donors (Lipinski definition) is 4.